The van der Waals surface area contributed by atoms with Gasteiger partial charge in [-0.05, 0) is 50.1 Å². The number of rotatable bonds is 4. The first-order valence-corrected chi connectivity index (χ1v) is 7.48. The quantitative estimate of drug-likeness (QED) is 0.940. The molecular weight excluding hydrogens is 290 g/mol. The first-order chi connectivity index (χ1) is 10.1. The van der Waals surface area contributed by atoms with Crippen molar-refractivity contribution in [3.8, 4) is 11.5 Å². The Bertz CT molecular complexity index is 597. The number of hydrogen-bond acceptors (Lipinski definition) is 5. The molecule has 21 heavy (non-hydrogen) atoms. The van der Waals surface area contributed by atoms with Crippen molar-refractivity contribution in [2.75, 3.05) is 13.1 Å². The first-order valence-electron chi connectivity index (χ1n) is 7.10. The Morgan fingerprint density at radius 2 is 2.14 bits per heavy atom. The molecule has 0 aliphatic carbocycles. The zero-order valence-corrected chi connectivity index (χ0v) is 12.6. The first kappa shape index (κ1) is 14.5. The van der Waals surface area contributed by atoms with Crippen LogP contribution in [0.2, 0.25) is 5.02 Å². The van der Waals surface area contributed by atoms with Crippen molar-refractivity contribution in [1.82, 2.24) is 15.1 Å². The number of nitrogens with zero attached hydrogens (tertiary/aromatic N) is 3. The molecule has 0 amide bonds. The molecule has 0 saturated carbocycles. The van der Waals surface area contributed by atoms with Gasteiger partial charge in [-0.15, -0.1) is 10.2 Å². The van der Waals surface area contributed by atoms with Crippen LogP contribution in [0.1, 0.15) is 19.2 Å². The Morgan fingerprint density at radius 1 is 1.38 bits per heavy atom. The van der Waals surface area contributed by atoms with Crippen LogP contribution in [-0.2, 0) is 6.54 Å². The second kappa shape index (κ2) is 6.13. The number of aromatic nitrogens is 2. The fraction of sp³-hybridized carbons (Fsp3) is 0.467. The third-order valence-electron chi connectivity index (χ3n) is 3.91. The maximum absolute atomic E-state index is 9.62. The summed E-state index contributed by atoms with van der Waals surface area (Å²) in [5, 5.41) is 18.5. The maximum atomic E-state index is 9.62. The molecule has 2 unspecified atom stereocenters. The lowest BCUT2D eigenvalue weighted by Crippen LogP contribution is -2.24. The molecule has 3 rings (SSSR count). The van der Waals surface area contributed by atoms with Crippen molar-refractivity contribution < 1.29 is 9.52 Å². The molecule has 1 aliphatic rings. The highest BCUT2D eigenvalue weighted by Gasteiger charge is 2.27. The minimum absolute atomic E-state index is 0.262. The SMILES string of the molecule is CC(O)C1CCN(Cc2nnc(-c3ccc(Cl)cc3)o2)C1. The van der Waals surface area contributed by atoms with Crippen LogP contribution < -0.4 is 0 Å². The standard InChI is InChI=1S/C15H18ClN3O2/c1-10(20)12-6-7-19(8-12)9-14-17-18-15(21-14)11-2-4-13(16)5-3-11/h2-5,10,12,20H,6-9H2,1H3. The highest BCUT2D eigenvalue weighted by atomic mass is 35.5. The number of aliphatic hydroxyl groups is 1. The molecule has 112 valence electrons. The van der Waals surface area contributed by atoms with Crippen LogP contribution in [0.4, 0.5) is 0 Å². The summed E-state index contributed by atoms with van der Waals surface area (Å²) >= 11 is 5.86. The van der Waals surface area contributed by atoms with Crippen LogP contribution in [0.25, 0.3) is 11.5 Å². The Balaban J connectivity index is 1.64. The summed E-state index contributed by atoms with van der Waals surface area (Å²) in [7, 11) is 0. The van der Waals surface area contributed by atoms with Gasteiger partial charge in [0.1, 0.15) is 0 Å². The van der Waals surface area contributed by atoms with E-state index in [-0.39, 0.29) is 6.10 Å². The van der Waals surface area contributed by atoms with Crippen molar-refractivity contribution in [3.05, 3.63) is 35.2 Å². The van der Waals surface area contributed by atoms with Crippen LogP contribution in [0.5, 0.6) is 0 Å². The molecule has 6 heteroatoms. The van der Waals surface area contributed by atoms with Crippen LogP contribution in [0.15, 0.2) is 28.7 Å². The zero-order valence-electron chi connectivity index (χ0n) is 11.9. The van der Waals surface area contributed by atoms with Gasteiger partial charge in [0.2, 0.25) is 11.8 Å². The fourth-order valence-corrected chi connectivity index (χ4v) is 2.74. The zero-order chi connectivity index (χ0) is 14.8. The molecule has 5 nitrogen and oxygen atoms in total. The summed E-state index contributed by atoms with van der Waals surface area (Å²) in [6.07, 6.45) is 0.748. The second-order valence-electron chi connectivity index (χ2n) is 5.53. The third kappa shape index (κ3) is 3.43. The largest absolute Gasteiger partial charge is 0.419 e. The van der Waals surface area contributed by atoms with Crippen molar-refractivity contribution in [2.45, 2.75) is 26.0 Å². The van der Waals surface area contributed by atoms with Gasteiger partial charge in [-0.3, -0.25) is 4.90 Å². The average molecular weight is 308 g/mol. The summed E-state index contributed by atoms with van der Waals surface area (Å²) in [5.74, 6) is 1.45. The Labute approximate surface area is 128 Å². The lowest BCUT2D eigenvalue weighted by molar-refractivity contribution is 0.126. The van der Waals surface area contributed by atoms with E-state index >= 15 is 0 Å². The van der Waals surface area contributed by atoms with Crippen LogP contribution in [0, 0.1) is 5.92 Å². The van der Waals surface area contributed by atoms with Gasteiger partial charge in [0.25, 0.3) is 0 Å². The van der Waals surface area contributed by atoms with Crippen molar-refractivity contribution in [1.29, 1.82) is 0 Å². The lowest BCUT2D eigenvalue weighted by atomic mass is 10.0. The van der Waals surface area contributed by atoms with Gasteiger partial charge in [0.05, 0.1) is 12.6 Å². The highest BCUT2D eigenvalue weighted by molar-refractivity contribution is 6.30. The van der Waals surface area contributed by atoms with Gasteiger partial charge in [-0.2, -0.15) is 0 Å². The van der Waals surface area contributed by atoms with Crippen molar-refractivity contribution in [3.63, 3.8) is 0 Å². The third-order valence-corrected chi connectivity index (χ3v) is 4.16. The minimum atomic E-state index is -0.262. The number of benzene rings is 1. The van der Waals surface area contributed by atoms with Crippen LogP contribution in [-0.4, -0.2) is 39.4 Å². The van der Waals surface area contributed by atoms with Gasteiger partial charge >= 0.3 is 0 Å². The topological polar surface area (TPSA) is 62.4 Å². The van der Waals surface area contributed by atoms with E-state index in [1.54, 1.807) is 12.1 Å². The highest BCUT2D eigenvalue weighted by Crippen LogP contribution is 2.23. The average Bonchev–Trinajstić information content (AvgIpc) is 3.10. The molecule has 1 aromatic carbocycles. The van der Waals surface area contributed by atoms with E-state index in [1.165, 1.54) is 0 Å². The Hall–Kier alpha value is -1.43. The monoisotopic (exact) mass is 307 g/mol. The molecule has 1 saturated heterocycles. The molecule has 0 spiro atoms. The molecule has 0 bridgehead atoms. The summed E-state index contributed by atoms with van der Waals surface area (Å²) in [5.41, 5.74) is 0.862. The lowest BCUT2D eigenvalue weighted by Gasteiger charge is -2.15. The summed E-state index contributed by atoms with van der Waals surface area (Å²) in [6.45, 7) is 4.30. The molecule has 1 N–H and O–H groups in total. The smallest absolute Gasteiger partial charge is 0.247 e. The molecule has 0 radical (unpaired) electrons. The molecule has 2 heterocycles. The van der Waals surface area contributed by atoms with E-state index < -0.39 is 0 Å². The Kier molecular flexibility index (Phi) is 4.24. The van der Waals surface area contributed by atoms with E-state index in [0.717, 1.165) is 25.1 Å². The molecule has 1 aromatic heterocycles. The van der Waals surface area contributed by atoms with E-state index in [4.69, 9.17) is 16.0 Å². The number of likely N-dealkylation sites (tertiary alicyclic amines) is 1. The number of hydrogen-bond donors (Lipinski definition) is 1. The molecule has 2 atom stereocenters. The number of aliphatic hydroxyl groups excluding tert-OH is 1. The summed E-state index contributed by atoms with van der Waals surface area (Å²) in [4.78, 5) is 2.23. The van der Waals surface area contributed by atoms with Crippen molar-refractivity contribution in [2.24, 2.45) is 5.92 Å². The predicted octanol–water partition coefficient (Wildman–Crippen LogP) is 2.59. The minimum Gasteiger partial charge on any atom is -0.419 e. The van der Waals surface area contributed by atoms with Gasteiger partial charge in [0, 0.05) is 17.1 Å². The van der Waals surface area contributed by atoms with Gasteiger partial charge in [-0.1, -0.05) is 11.6 Å². The van der Waals surface area contributed by atoms with E-state index in [2.05, 4.69) is 15.1 Å². The molecule has 1 aliphatic heterocycles. The molecular formula is C15H18ClN3O2. The molecule has 2 aromatic rings. The summed E-state index contributed by atoms with van der Waals surface area (Å²) in [6, 6.07) is 7.32. The maximum Gasteiger partial charge on any atom is 0.247 e. The van der Waals surface area contributed by atoms with Crippen LogP contribution >= 0.6 is 11.6 Å². The van der Waals surface area contributed by atoms with E-state index in [0.29, 0.717) is 29.3 Å². The normalized spacial score (nSPS) is 20.8. The predicted molar refractivity (Wildman–Crippen MR) is 79.8 cm³/mol. The van der Waals surface area contributed by atoms with Gasteiger partial charge in [0.15, 0.2) is 0 Å². The number of halogens is 1. The van der Waals surface area contributed by atoms with Gasteiger partial charge in [-0.25, -0.2) is 0 Å². The van der Waals surface area contributed by atoms with Crippen LogP contribution in [0.3, 0.4) is 0 Å². The van der Waals surface area contributed by atoms with E-state index in [1.807, 2.05) is 19.1 Å². The summed E-state index contributed by atoms with van der Waals surface area (Å²) < 4.78 is 5.70. The molecule has 1 fully saturated rings. The van der Waals surface area contributed by atoms with E-state index in [9.17, 15) is 5.11 Å². The van der Waals surface area contributed by atoms with Crippen molar-refractivity contribution >= 4 is 11.6 Å². The Morgan fingerprint density at radius 3 is 2.81 bits per heavy atom. The van der Waals surface area contributed by atoms with Gasteiger partial charge < -0.3 is 9.52 Å². The second-order valence-corrected chi connectivity index (χ2v) is 5.97. The fourth-order valence-electron chi connectivity index (χ4n) is 2.62.